The molecule has 0 saturated carbocycles. The van der Waals surface area contributed by atoms with E-state index in [0.717, 1.165) is 6.54 Å². The number of rotatable bonds is 1. The Labute approximate surface area is 92.9 Å². The molecule has 1 aliphatic rings. The first-order chi connectivity index (χ1) is 7.03. The van der Waals surface area contributed by atoms with Crippen molar-refractivity contribution in [2.45, 2.75) is 46.1 Å². The van der Waals surface area contributed by atoms with Gasteiger partial charge in [-0.15, -0.1) is 0 Å². The van der Waals surface area contributed by atoms with Crippen LogP contribution in [0, 0.1) is 20.8 Å². The zero-order chi connectivity index (χ0) is 11.1. The van der Waals surface area contributed by atoms with Crippen molar-refractivity contribution in [2.75, 3.05) is 6.54 Å². The van der Waals surface area contributed by atoms with Gasteiger partial charge in [-0.2, -0.15) is 0 Å². The summed E-state index contributed by atoms with van der Waals surface area (Å²) in [5.41, 5.74) is 5.93. The van der Waals surface area contributed by atoms with Crippen molar-refractivity contribution in [3.63, 3.8) is 0 Å². The highest BCUT2D eigenvalue weighted by Crippen LogP contribution is 2.32. The van der Waals surface area contributed by atoms with Crippen LogP contribution in [0.5, 0.6) is 0 Å². The average molecular weight is 203 g/mol. The second-order valence-electron chi connectivity index (χ2n) is 5.10. The van der Waals surface area contributed by atoms with Gasteiger partial charge in [0.15, 0.2) is 0 Å². The monoisotopic (exact) mass is 203 g/mol. The minimum atomic E-state index is 0.212. The zero-order valence-electron chi connectivity index (χ0n) is 10.3. The number of benzene rings is 1. The van der Waals surface area contributed by atoms with Gasteiger partial charge in [0.25, 0.3) is 0 Å². The summed E-state index contributed by atoms with van der Waals surface area (Å²) in [5.74, 6) is 0. The summed E-state index contributed by atoms with van der Waals surface area (Å²) >= 11 is 0. The van der Waals surface area contributed by atoms with Crippen LogP contribution in [0.15, 0.2) is 12.1 Å². The van der Waals surface area contributed by atoms with Crippen molar-refractivity contribution in [3.8, 4) is 0 Å². The Morgan fingerprint density at radius 3 is 2.20 bits per heavy atom. The number of aryl methyl sites for hydroxylation is 2. The summed E-state index contributed by atoms with van der Waals surface area (Å²) < 4.78 is 0. The standard InChI is InChI=1S/C14H21N/c1-10-8-13(9-11(2)12(10)3)14(4)6-5-7-15-14/h8-9,15H,5-7H2,1-4H3. The van der Waals surface area contributed by atoms with E-state index in [1.807, 2.05) is 0 Å². The molecule has 1 aromatic rings. The highest BCUT2D eigenvalue weighted by atomic mass is 15.0. The molecule has 1 saturated heterocycles. The van der Waals surface area contributed by atoms with Crippen LogP contribution in [-0.4, -0.2) is 6.54 Å². The van der Waals surface area contributed by atoms with Crippen LogP contribution in [0.2, 0.25) is 0 Å². The van der Waals surface area contributed by atoms with E-state index in [-0.39, 0.29) is 5.54 Å². The van der Waals surface area contributed by atoms with E-state index in [9.17, 15) is 0 Å². The van der Waals surface area contributed by atoms with Gasteiger partial charge in [0.2, 0.25) is 0 Å². The molecule has 0 bridgehead atoms. The van der Waals surface area contributed by atoms with Crippen molar-refractivity contribution in [1.29, 1.82) is 0 Å². The molecule has 1 atom stereocenters. The maximum Gasteiger partial charge on any atom is 0.0406 e. The molecular formula is C14H21N. The first-order valence-electron chi connectivity index (χ1n) is 5.86. The van der Waals surface area contributed by atoms with Gasteiger partial charge in [-0.25, -0.2) is 0 Å². The molecule has 1 aromatic carbocycles. The first kappa shape index (κ1) is 10.7. The molecule has 15 heavy (non-hydrogen) atoms. The molecule has 2 rings (SSSR count). The summed E-state index contributed by atoms with van der Waals surface area (Å²) in [7, 11) is 0. The fourth-order valence-corrected chi connectivity index (χ4v) is 2.50. The van der Waals surface area contributed by atoms with Gasteiger partial charge < -0.3 is 5.32 Å². The Morgan fingerprint density at radius 2 is 1.73 bits per heavy atom. The lowest BCUT2D eigenvalue weighted by Gasteiger charge is -2.26. The Kier molecular flexibility index (Phi) is 2.59. The molecule has 0 aliphatic carbocycles. The highest BCUT2D eigenvalue weighted by Gasteiger charge is 2.30. The fraction of sp³-hybridized carbons (Fsp3) is 0.571. The SMILES string of the molecule is Cc1cc(C2(C)CCCN2)cc(C)c1C. The summed E-state index contributed by atoms with van der Waals surface area (Å²) in [6.07, 6.45) is 2.55. The van der Waals surface area contributed by atoms with E-state index >= 15 is 0 Å². The van der Waals surface area contributed by atoms with Crippen LogP contribution in [0.3, 0.4) is 0 Å². The topological polar surface area (TPSA) is 12.0 Å². The predicted octanol–water partition coefficient (Wildman–Crippen LogP) is 3.21. The van der Waals surface area contributed by atoms with Gasteiger partial charge in [0, 0.05) is 5.54 Å². The largest absolute Gasteiger partial charge is 0.308 e. The summed E-state index contributed by atoms with van der Waals surface area (Å²) in [4.78, 5) is 0. The van der Waals surface area contributed by atoms with Crippen LogP contribution in [0.1, 0.15) is 42.0 Å². The Balaban J connectivity index is 2.45. The number of nitrogens with one attached hydrogen (secondary N) is 1. The third-order valence-corrected chi connectivity index (χ3v) is 3.93. The Morgan fingerprint density at radius 1 is 1.13 bits per heavy atom. The van der Waals surface area contributed by atoms with Crippen LogP contribution in [0.25, 0.3) is 0 Å². The Hall–Kier alpha value is -0.820. The molecule has 1 unspecified atom stereocenters. The molecule has 0 aromatic heterocycles. The lowest BCUT2D eigenvalue weighted by Crippen LogP contribution is -2.33. The van der Waals surface area contributed by atoms with E-state index in [1.54, 1.807) is 0 Å². The van der Waals surface area contributed by atoms with Crippen molar-refractivity contribution >= 4 is 0 Å². The van der Waals surface area contributed by atoms with Gasteiger partial charge in [-0.05, 0) is 69.3 Å². The molecule has 1 N–H and O–H groups in total. The normalized spacial score (nSPS) is 25.9. The van der Waals surface area contributed by atoms with Gasteiger partial charge in [-0.3, -0.25) is 0 Å². The Bertz CT molecular complexity index is 350. The number of hydrogen-bond acceptors (Lipinski definition) is 1. The fourth-order valence-electron chi connectivity index (χ4n) is 2.50. The van der Waals surface area contributed by atoms with Crippen molar-refractivity contribution in [1.82, 2.24) is 5.32 Å². The molecule has 1 heterocycles. The van der Waals surface area contributed by atoms with Crippen molar-refractivity contribution in [2.24, 2.45) is 0 Å². The van der Waals surface area contributed by atoms with E-state index in [0.29, 0.717) is 0 Å². The molecule has 0 spiro atoms. The molecule has 1 nitrogen and oxygen atoms in total. The summed E-state index contributed by atoms with van der Waals surface area (Å²) in [5, 5.41) is 3.62. The number of hydrogen-bond donors (Lipinski definition) is 1. The van der Waals surface area contributed by atoms with Gasteiger partial charge >= 0.3 is 0 Å². The van der Waals surface area contributed by atoms with Crippen molar-refractivity contribution in [3.05, 3.63) is 34.4 Å². The second kappa shape index (κ2) is 3.64. The van der Waals surface area contributed by atoms with Crippen molar-refractivity contribution < 1.29 is 0 Å². The molecular weight excluding hydrogens is 182 g/mol. The third kappa shape index (κ3) is 1.81. The molecule has 82 valence electrons. The lowest BCUT2D eigenvalue weighted by atomic mass is 9.87. The maximum atomic E-state index is 3.62. The maximum absolute atomic E-state index is 3.62. The van der Waals surface area contributed by atoms with E-state index in [2.05, 4.69) is 45.1 Å². The molecule has 1 fully saturated rings. The quantitative estimate of drug-likeness (QED) is 0.739. The predicted molar refractivity (Wildman–Crippen MR) is 65.2 cm³/mol. The second-order valence-corrected chi connectivity index (χ2v) is 5.10. The van der Waals surface area contributed by atoms with E-state index in [1.165, 1.54) is 35.1 Å². The molecule has 1 aliphatic heterocycles. The van der Waals surface area contributed by atoms with E-state index in [4.69, 9.17) is 0 Å². The molecule has 0 radical (unpaired) electrons. The lowest BCUT2D eigenvalue weighted by molar-refractivity contribution is 0.434. The first-order valence-corrected chi connectivity index (χ1v) is 5.86. The van der Waals surface area contributed by atoms with Crippen LogP contribution >= 0.6 is 0 Å². The zero-order valence-corrected chi connectivity index (χ0v) is 10.3. The highest BCUT2D eigenvalue weighted by molar-refractivity contribution is 5.40. The molecule has 0 amide bonds. The van der Waals surface area contributed by atoms with Gasteiger partial charge in [0.1, 0.15) is 0 Å². The minimum Gasteiger partial charge on any atom is -0.308 e. The average Bonchev–Trinajstić information content (AvgIpc) is 2.62. The smallest absolute Gasteiger partial charge is 0.0406 e. The summed E-state index contributed by atoms with van der Waals surface area (Å²) in [6, 6.07) is 4.70. The van der Waals surface area contributed by atoms with Gasteiger partial charge in [0.05, 0.1) is 0 Å². The van der Waals surface area contributed by atoms with Crippen LogP contribution < -0.4 is 5.32 Å². The molecule has 1 heteroatoms. The summed E-state index contributed by atoms with van der Waals surface area (Å²) in [6.45, 7) is 10.1. The minimum absolute atomic E-state index is 0.212. The van der Waals surface area contributed by atoms with Gasteiger partial charge in [-0.1, -0.05) is 12.1 Å². The van der Waals surface area contributed by atoms with E-state index < -0.39 is 0 Å². The van der Waals surface area contributed by atoms with Crippen LogP contribution in [0.4, 0.5) is 0 Å². The van der Waals surface area contributed by atoms with Crippen LogP contribution in [-0.2, 0) is 5.54 Å². The third-order valence-electron chi connectivity index (χ3n) is 3.93.